The number of benzene rings is 1. The second-order valence-corrected chi connectivity index (χ2v) is 5.42. The second kappa shape index (κ2) is 6.27. The van der Waals surface area contributed by atoms with Gasteiger partial charge in [0.05, 0.1) is 0 Å². The topological polar surface area (TPSA) is 67.9 Å². The maximum Gasteiger partial charge on any atom is 0.414 e. The lowest BCUT2D eigenvalue weighted by Gasteiger charge is -2.19. The largest absolute Gasteiger partial charge is 0.444 e. The molecule has 1 aromatic rings. The number of hydrogen-bond donors (Lipinski definition) is 1. The molecule has 0 bridgehead atoms. The van der Waals surface area contributed by atoms with E-state index >= 15 is 0 Å². The number of carbonyl (C=O) groups excluding carboxylic acids is 2. The van der Waals surface area contributed by atoms with Crippen LogP contribution in [0.5, 0.6) is 5.75 Å². The van der Waals surface area contributed by atoms with Crippen LogP contribution in [-0.4, -0.2) is 36.8 Å². The Morgan fingerprint density at radius 1 is 1.20 bits per heavy atom. The molecule has 0 spiro atoms. The first-order valence-electron chi connectivity index (χ1n) is 6.16. The number of amides is 2. The average molecular weight is 280 g/mol. The van der Waals surface area contributed by atoms with E-state index in [1.165, 1.54) is 4.90 Å². The molecule has 0 fully saturated rings. The second-order valence-electron chi connectivity index (χ2n) is 5.42. The van der Waals surface area contributed by atoms with Gasteiger partial charge in [-0.05, 0) is 32.9 Å². The summed E-state index contributed by atoms with van der Waals surface area (Å²) in [5.41, 5.74) is -0.0812. The number of anilines is 1. The zero-order valence-corrected chi connectivity index (χ0v) is 12.4. The number of nitrogens with one attached hydrogen (secondary N) is 1. The van der Waals surface area contributed by atoms with Crippen molar-refractivity contribution < 1.29 is 19.1 Å². The van der Waals surface area contributed by atoms with E-state index < -0.39 is 17.8 Å². The van der Waals surface area contributed by atoms with Gasteiger partial charge in [0.1, 0.15) is 11.4 Å². The normalized spacial score (nSPS) is 10.7. The van der Waals surface area contributed by atoms with Gasteiger partial charge in [0, 0.05) is 25.8 Å². The maximum atomic E-state index is 11.6. The van der Waals surface area contributed by atoms with Crippen molar-refractivity contribution in [1.82, 2.24) is 4.90 Å². The Morgan fingerprint density at radius 3 is 2.40 bits per heavy atom. The van der Waals surface area contributed by atoms with Crippen molar-refractivity contribution in [3.8, 4) is 5.75 Å². The quantitative estimate of drug-likeness (QED) is 0.903. The first kappa shape index (κ1) is 15.8. The Kier molecular flexibility index (Phi) is 4.96. The van der Waals surface area contributed by atoms with Crippen LogP contribution in [0.15, 0.2) is 24.3 Å². The summed E-state index contributed by atoms with van der Waals surface area (Å²) >= 11 is 0. The summed E-state index contributed by atoms with van der Waals surface area (Å²) in [6.07, 6.45) is -1.05. The van der Waals surface area contributed by atoms with Crippen molar-refractivity contribution in [2.24, 2.45) is 0 Å². The fraction of sp³-hybridized carbons (Fsp3) is 0.429. The van der Waals surface area contributed by atoms with E-state index in [1.54, 1.807) is 59.1 Å². The molecule has 0 aliphatic carbocycles. The average Bonchev–Trinajstić information content (AvgIpc) is 2.26. The lowest BCUT2D eigenvalue weighted by molar-refractivity contribution is 0.0636. The zero-order valence-electron chi connectivity index (χ0n) is 12.4. The lowest BCUT2D eigenvalue weighted by atomic mass is 10.2. The number of nitrogens with zero attached hydrogens (tertiary/aromatic N) is 1. The third-order valence-electron chi connectivity index (χ3n) is 2.05. The van der Waals surface area contributed by atoms with E-state index in [1.807, 2.05) is 0 Å². The Bertz CT molecular complexity index is 492. The van der Waals surface area contributed by atoms with Crippen molar-refractivity contribution in [3.05, 3.63) is 24.3 Å². The molecule has 0 heterocycles. The van der Waals surface area contributed by atoms with Gasteiger partial charge in [-0.3, -0.25) is 5.32 Å². The summed E-state index contributed by atoms with van der Waals surface area (Å²) in [4.78, 5) is 24.4. The molecule has 1 rings (SSSR count). The van der Waals surface area contributed by atoms with Crippen molar-refractivity contribution >= 4 is 17.9 Å². The molecule has 110 valence electrons. The monoisotopic (exact) mass is 280 g/mol. The van der Waals surface area contributed by atoms with E-state index in [0.717, 1.165) is 0 Å². The van der Waals surface area contributed by atoms with Crippen LogP contribution in [0.1, 0.15) is 20.8 Å². The number of rotatable bonds is 2. The first-order chi connectivity index (χ1) is 9.17. The van der Waals surface area contributed by atoms with Gasteiger partial charge in [-0.2, -0.15) is 0 Å². The van der Waals surface area contributed by atoms with Crippen molar-refractivity contribution in [3.63, 3.8) is 0 Å². The third kappa shape index (κ3) is 5.60. The van der Waals surface area contributed by atoms with Gasteiger partial charge in [-0.25, -0.2) is 9.59 Å². The molecule has 0 saturated carbocycles. The Morgan fingerprint density at radius 2 is 1.85 bits per heavy atom. The van der Waals surface area contributed by atoms with Crippen molar-refractivity contribution in [1.29, 1.82) is 0 Å². The minimum atomic E-state index is -0.570. The van der Waals surface area contributed by atoms with Crippen molar-refractivity contribution in [2.45, 2.75) is 26.4 Å². The molecule has 6 heteroatoms. The standard InChI is InChI=1S/C14H20N2O4/c1-14(2,3)20-12(17)15-10-7-6-8-11(9-10)19-13(18)16(4)5/h6-9H,1-5H3,(H,15,17). The fourth-order valence-corrected chi connectivity index (χ4v) is 1.25. The summed E-state index contributed by atoms with van der Waals surface area (Å²) in [6, 6.07) is 6.52. The molecular weight excluding hydrogens is 260 g/mol. The first-order valence-corrected chi connectivity index (χ1v) is 6.16. The molecular formula is C14H20N2O4. The molecule has 1 N–H and O–H groups in total. The number of hydrogen-bond acceptors (Lipinski definition) is 4. The fourth-order valence-electron chi connectivity index (χ4n) is 1.25. The van der Waals surface area contributed by atoms with Crippen LogP contribution in [-0.2, 0) is 4.74 Å². The van der Waals surface area contributed by atoms with Gasteiger partial charge >= 0.3 is 12.2 Å². The molecule has 20 heavy (non-hydrogen) atoms. The van der Waals surface area contributed by atoms with Gasteiger partial charge in [-0.1, -0.05) is 6.07 Å². The molecule has 0 radical (unpaired) electrons. The van der Waals surface area contributed by atoms with Crippen LogP contribution in [0.2, 0.25) is 0 Å². The van der Waals surface area contributed by atoms with Crippen LogP contribution in [0.25, 0.3) is 0 Å². The Labute approximate surface area is 118 Å². The van der Waals surface area contributed by atoms with Crippen LogP contribution in [0.4, 0.5) is 15.3 Å². The molecule has 0 aliphatic heterocycles. The highest BCUT2D eigenvalue weighted by Gasteiger charge is 2.16. The molecule has 2 amide bonds. The van der Waals surface area contributed by atoms with Gasteiger partial charge in [0.15, 0.2) is 0 Å². The van der Waals surface area contributed by atoms with E-state index in [9.17, 15) is 9.59 Å². The van der Waals surface area contributed by atoms with Gasteiger partial charge in [-0.15, -0.1) is 0 Å². The Hall–Kier alpha value is -2.24. The van der Waals surface area contributed by atoms with Crippen LogP contribution in [0, 0.1) is 0 Å². The minimum absolute atomic E-state index is 0.345. The third-order valence-corrected chi connectivity index (χ3v) is 2.05. The molecule has 6 nitrogen and oxygen atoms in total. The molecule has 0 aliphatic rings. The molecule has 0 aromatic heterocycles. The van der Waals surface area contributed by atoms with Gasteiger partial charge in [0.2, 0.25) is 0 Å². The highest BCUT2D eigenvalue weighted by Crippen LogP contribution is 2.19. The highest BCUT2D eigenvalue weighted by molar-refractivity contribution is 5.85. The van der Waals surface area contributed by atoms with E-state index in [0.29, 0.717) is 11.4 Å². The molecule has 0 saturated heterocycles. The highest BCUT2D eigenvalue weighted by atomic mass is 16.6. The summed E-state index contributed by atoms with van der Waals surface area (Å²) in [7, 11) is 3.18. The number of ether oxygens (including phenoxy) is 2. The van der Waals surface area contributed by atoms with E-state index in [-0.39, 0.29) is 0 Å². The summed E-state index contributed by atoms with van der Waals surface area (Å²) < 4.78 is 10.2. The van der Waals surface area contributed by atoms with Gasteiger partial charge < -0.3 is 14.4 Å². The Balaban J connectivity index is 2.69. The number of carbonyl (C=O) groups is 2. The predicted molar refractivity (Wildman–Crippen MR) is 76.0 cm³/mol. The SMILES string of the molecule is CN(C)C(=O)Oc1cccc(NC(=O)OC(C)(C)C)c1. The molecule has 0 unspecified atom stereocenters. The predicted octanol–water partition coefficient (Wildman–Crippen LogP) is 3.09. The summed E-state index contributed by atoms with van der Waals surface area (Å²) in [5, 5.41) is 2.58. The van der Waals surface area contributed by atoms with Crippen LogP contribution in [0.3, 0.4) is 0 Å². The molecule has 1 aromatic carbocycles. The maximum absolute atomic E-state index is 11.6. The van der Waals surface area contributed by atoms with E-state index in [2.05, 4.69) is 5.32 Å². The van der Waals surface area contributed by atoms with Crippen molar-refractivity contribution in [2.75, 3.05) is 19.4 Å². The van der Waals surface area contributed by atoms with Crippen LogP contribution >= 0.6 is 0 Å². The summed E-state index contributed by atoms with van der Waals surface area (Å²) in [6.45, 7) is 5.34. The van der Waals surface area contributed by atoms with Gasteiger partial charge in [0.25, 0.3) is 0 Å². The zero-order chi connectivity index (χ0) is 15.3. The molecule has 0 atom stereocenters. The van der Waals surface area contributed by atoms with Crippen LogP contribution < -0.4 is 10.1 Å². The smallest absolute Gasteiger partial charge is 0.414 e. The van der Waals surface area contributed by atoms with E-state index in [4.69, 9.17) is 9.47 Å². The lowest BCUT2D eigenvalue weighted by Crippen LogP contribution is -2.27. The summed E-state index contributed by atoms with van der Waals surface area (Å²) in [5.74, 6) is 0.345. The minimum Gasteiger partial charge on any atom is -0.444 e.